The minimum Gasteiger partial charge on any atom is -0.485 e. The molecule has 0 spiro atoms. The van der Waals surface area contributed by atoms with Gasteiger partial charge in [0.05, 0.1) is 5.69 Å². The smallest absolute Gasteiger partial charge is 0.174 e. The molecule has 2 rings (SSSR count). The van der Waals surface area contributed by atoms with E-state index >= 15 is 0 Å². The summed E-state index contributed by atoms with van der Waals surface area (Å²) in [7, 11) is 0. The van der Waals surface area contributed by atoms with Gasteiger partial charge in [-0.05, 0) is 26.0 Å². The second kappa shape index (κ2) is 5.54. The van der Waals surface area contributed by atoms with E-state index in [1.54, 1.807) is 0 Å². The maximum atomic E-state index is 5.91. The van der Waals surface area contributed by atoms with E-state index < -0.39 is 0 Å². The predicted molar refractivity (Wildman–Crippen MR) is 72.3 cm³/mol. The van der Waals surface area contributed by atoms with Gasteiger partial charge >= 0.3 is 0 Å². The fourth-order valence-electron chi connectivity index (χ4n) is 1.64. The molecule has 1 unspecified atom stereocenters. The van der Waals surface area contributed by atoms with E-state index in [2.05, 4.69) is 21.1 Å². The number of aromatic nitrogens is 1. The average molecular weight is 311 g/mol. The SMILES string of the molecule is Cc1cc(COc2cc(Br)ccc2C(C)N)on1. The lowest BCUT2D eigenvalue weighted by Crippen LogP contribution is -2.08. The van der Waals surface area contributed by atoms with Crippen molar-refractivity contribution in [2.75, 3.05) is 0 Å². The second-order valence-electron chi connectivity index (χ2n) is 4.19. The Balaban J connectivity index is 2.15. The quantitative estimate of drug-likeness (QED) is 0.940. The Morgan fingerprint density at radius 1 is 1.44 bits per heavy atom. The average Bonchev–Trinajstić information content (AvgIpc) is 2.72. The van der Waals surface area contributed by atoms with Crippen LogP contribution in [0, 0.1) is 6.92 Å². The highest BCUT2D eigenvalue weighted by Crippen LogP contribution is 2.28. The van der Waals surface area contributed by atoms with Crippen LogP contribution in [0.4, 0.5) is 0 Å². The van der Waals surface area contributed by atoms with Crippen LogP contribution in [0.25, 0.3) is 0 Å². The molecule has 0 saturated carbocycles. The molecule has 1 atom stereocenters. The van der Waals surface area contributed by atoms with Crippen molar-refractivity contribution in [1.82, 2.24) is 5.16 Å². The third kappa shape index (κ3) is 3.11. The lowest BCUT2D eigenvalue weighted by molar-refractivity contribution is 0.246. The first kappa shape index (κ1) is 13.1. The standard InChI is InChI=1S/C13H15BrN2O2/c1-8-5-11(18-16-8)7-17-13-6-10(14)3-4-12(13)9(2)15/h3-6,9H,7,15H2,1-2H3. The van der Waals surface area contributed by atoms with Crippen molar-refractivity contribution < 1.29 is 9.26 Å². The third-order valence-electron chi connectivity index (χ3n) is 2.51. The molecule has 1 aromatic heterocycles. The van der Waals surface area contributed by atoms with Crippen molar-refractivity contribution in [2.24, 2.45) is 5.73 Å². The van der Waals surface area contributed by atoms with Gasteiger partial charge in [-0.25, -0.2) is 0 Å². The Labute approximate surface area is 114 Å². The summed E-state index contributed by atoms with van der Waals surface area (Å²) in [5, 5.41) is 3.82. The molecule has 1 aromatic carbocycles. The van der Waals surface area contributed by atoms with Crippen LogP contribution in [0.2, 0.25) is 0 Å². The van der Waals surface area contributed by atoms with Gasteiger partial charge in [-0.15, -0.1) is 0 Å². The van der Waals surface area contributed by atoms with Crippen molar-refractivity contribution >= 4 is 15.9 Å². The molecule has 2 aromatic rings. The zero-order valence-corrected chi connectivity index (χ0v) is 11.9. The van der Waals surface area contributed by atoms with Gasteiger partial charge in [0.2, 0.25) is 0 Å². The van der Waals surface area contributed by atoms with Gasteiger partial charge in [0.1, 0.15) is 12.4 Å². The van der Waals surface area contributed by atoms with Gasteiger partial charge in [0.15, 0.2) is 5.76 Å². The summed E-state index contributed by atoms with van der Waals surface area (Å²) in [6.07, 6.45) is 0. The minimum atomic E-state index is -0.0791. The Kier molecular flexibility index (Phi) is 4.04. The number of aryl methyl sites for hydroxylation is 1. The van der Waals surface area contributed by atoms with E-state index in [9.17, 15) is 0 Å². The van der Waals surface area contributed by atoms with E-state index in [1.807, 2.05) is 38.1 Å². The highest BCUT2D eigenvalue weighted by Gasteiger charge is 2.10. The summed E-state index contributed by atoms with van der Waals surface area (Å²) >= 11 is 3.42. The zero-order valence-electron chi connectivity index (χ0n) is 10.3. The second-order valence-corrected chi connectivity index (χ2v) is 5.11. The summed E-state index contributed by atoms with van der Waals surface area (Å²) in [4.78, 5) is 0. The monoisotopic (exact) mass is 310 g/mol. The molecule has 4 nitrogen and oxygen atoms in total. The molecule has 0 bridgehead atoms. The van der Waals surface area contributed by atoms with Crippen LogP contribution in [0.5, 0.6) is 5.75 Å². The molecule has 0 aliphatic rings. The van der Waals surface area contributed by atoms with Gasteiger partial charge in [-0.1, -0.05) is 27.2 Å². The van der Waals surface area contributed by atoms with Crippen molar-refractivity contribution in [2.45, 2.75) is 26.5 Å². The molecular weight excluding hydrogens is 296 g/mol. The van der Waals surface area contributed by atoms with Crippen LogP contribution in [-0.2, 0) is 6.61 Å². The largest absolute Gasteiger partial charge is 0.485 e. The minimum absolute atomic E-state index is 0.0791. The summed E-state index contributed by atoms with van der Waals surface area (Å²) in [6, 6.07) is 7.58. The van der Waals surface area contributed by atoms with Crippen LogP contribution in [-0.4, -0.2) is 5.16 Å². The van der Waals surface area contributed by atoms with E-state index in [1.165, 1.54) is 0 Å². The Morgan fingerprint density at radius 2 is 2.22 bits per heavy atom. The number of rotatable bonds is 4. The molecule has 2 N–H and O–H groups in total. The number of hydrogen-bond acceptors (Lipinski definition) is 4. The van der Waals surface area contributed by atoms with Crippen LogP contribution >= 0.6 is 15.9 Å². The summed E-state index contributed by atoms with van der Waals surface area (Å²) in [5.74, 6) is 1.46. The molecule has 0 aliphatic heterocycles. The third-order valence-corrected chi connectivity index (χ3v) is 3.01. The van der Waals surface area contributed by atoms with Crippen LogP contribution in [0.1, 0.15) is 30.0 Å². The number of hydrogen-bond donors (Lipinski definition) is 1. The predicted octanol–water partition coefficient (Wildman–Crippen LogP) is 3.34. The molecule has 18 heavy (non-hydrogen) atoms. The van der Waals surface area contributed by atoms with Gasteiger partial charge in [0, 0.05) is 22.1 Å². The Hall–Kier alpha value is -1.33. The maximum Gasteiger partial charge on any atom is 0.174 e. The summed E-state index contributed by atoms with van der Waals surface area (Å²) < 4.78 is 11.8. The first-order valence-electron chi connectivity index (χ1n) is 5.66. The normalized spacial score (nSPS) is 12.4. The maximum absolute atomic E-state index is 5.91. The topological polar surface area (TPSA) is 61.3 Å². The van der Waals surface area contributed by atoms with E-state index in [4.69, 9.17) is 15.0 Å². The molecule has 0 fully saturated rings. The number of benzene rings is 1. The molecular formula is C13H15BrN2O2. The van der Waals surface area contributed by atoms with Gasteiger partial charge < -0.3 is 15.0 Å². The van der Waals surface area contributed by atoms with Crippen molar-refractivity contribution in [3.05, 3.63) is 45.8 Å². The van der Waals surface area contributed by atoms with Crippen molar-refractivity contribution in [1.29, 1.82) is 0 Å². The van der Waals surface area contributed by atoms with Gasteiger partial charge in [-0.3, -0.25) is 0 Å². The van der Waals surface area contributed by atoms with Crippen molar-refractivity contribution in [3.8, 4) is 5.75 Å². The lowest BCUT2D eigenvalue weighted by atomic mass is 10.1. The fraction of sp³-hybridized carbons (Fsp3) is 0.308. The van der Waals surface area contributed by atoms with E-state index in [-0.39, 0.29) is 6.04 Å². The molecule has 0 aliphatic carbocycles. The molecule has 96 valence electrons. The van der Waals surface area contributed by atoms with Crippen LogP contribution in [0.15, 0.2) is 33.3 Å². The molecule has 0 saturated heterocycles. The Bertz CT molecular complexity index is 538. The Morgan fingerprint density at radius 3 is 2.83 bits per heavy atom. The number of halogens is 1. The zero-order chi connectivity index (χ0) is 13.1. The van der Waals surface area contributed by atoms with E-state index in [0.717, 1.165) is 21.5 Å². The van der Waals surface area contributed by atoms with Crippen LogP contribution in [0.3, 0.4) is 0 Å². The first-order valence-corrected chi connectivity index (χ1v) is 6.45. The van der Waals surface area contributed by atoms with Crippen LogP contribution < -0.4 is 10.5 Å². The fourth-order valence-corrected chi connectivity index (χ4v) is 1.98. The summed E-state index contributed by atoms with van der Waals surface area (Å²) in [5.41, 5.74) is 7.72. The highest BCUT2D eigenvalue weighted by atomic mass is 79.9. The number of nitrogens with two attached hydrogens (primary N) is 1. The summed E-state index contributed by atoms with van der Waals surface area (Å²) in [6.45, 7) is 4.14. The molecule has 1 heterocycles. The number of ether oxygens (including phenoxy) is 1. The van der Waals surface area contributed by atoms with Gasteiger partial charge in [-0.2, -0.15) is 0 Å². The van der Waals surface area contributed by atoms with Crippen molar-refractivity contribution in [3.63, 3.8) is 0 Å². The molecule has 0 radical (unpaired) electrons. The first-order chi connectivity index (χ1) is 8.56. The molecule has 5 heteroatoms. The highest BCUT2D eigenvalue weighted by molar-refractivity contribution is 9.10. The van der Waals surface area contributed by atoms with Gasteiger partial charge in [0.25, 0.3) is 0 Å². The van der Waals surface area contributed by atoms with E-state index in [0.29, 0.717) is 12.4 Å². The number of nitrogens with zero attached hydrogens (tertiary/aromatic N) is 1. The molecule has 0 amide bonds. The lowest BCUT2D eigenvalue weighted by Gasteiger charge is -2.13.